The summed E-state index contributed by atoms with van der Waals surface area (Å²) in [5.74, 6) is -2.34. The summed E-state index contributed by atoms with van der Waals surface area (Å²) in [6, 6.07) is 0. The molecule has 0 spiro atoms. The van der Waals surface area contributed by atoms with Crippen LogP contribution in [0.2, 0.25) is 0 Å². The van der Waals surface area contributed by atoms with E-state index in [1.807, 2.05) is 0 Å². The Kier molecular flexibility index (Phi) is 4.88. The number of carboxylic acid groups (broad SMARTS) is 1. The fourth-order valence-electron chi connectivity index (χ4n) is 2.82. The maximum atomic E-state index is 11.9. The first-order valence-corrected chi connectivity index (χ1v) is 6.20. The molecule has 0 aliphatic heterocycles. The monoisotopic (exact) mass is 290 g/mol. The Balaban J connectivity index is 3.25. The third kappa shape index (κ3) is 2.98. The fraction of sp³-hybridized carbons (Fsp3) is 0.818. The van der Waals surface area contributed by atoms with Crippen molar-refractivity contribution in [2.45, 2.75) is 44.2 Å². The number of ether oxygens (including phenoxy) is 1. The molecule has 0 heterocycles. The van der Waals surface area contributed by atoms with Gasteiger partial charge in [0.05, 0.1) is 13.5 Å². The normalized spacial score (nSPS) is 20.5. The van der Waals surface area contributed by atoms with Gasteiger partial charge in [-0.25, -0.2) is 4.79 Å². The number of hydrogen-bond acceptors (Lipinski definition) is 7. The molecule has 0 aromatic carbocycles. The number of nitrogens with zero attached hydrogens (tertiary/aromatic N) is 1. The fourth-order valence-corrected chi connectivity index (χ4v) is 2.82. The van der Waals surface area contributed by atoms with Gasteiger partial charge in [0.15, 0.2) is 0 Å². The molecule has 9 nitrogen and oxygen atoms in total. The minimum atomic E-state index is -2.41. The molecule has 20 heavy (non-hydrogen) atoms. The van der Waals surface area contributed by atoms with Gasteiger partial charge in [0.2, 0.25) is 0 Å². The molecule has 1 unspecified atom stereocenters. The summed E-state index contributed by atoms with van der Waals surface area (Å²) < 4.78 is 4.49. The zero-order chi connectivity index (χ0) is 15.4. The average Bonchev–Trinajstić information content (AvgIpc) is 2.37. The van der Waals surface area contributed by atoms with Crippen LogP contribution in [0.25, 0.3) is 0 Å². The Morgan fingerprint density at radius 2 is 1.95 bits per heavy atom. The van der Waals surface area contributed by atoms with Crippen molar-refractivity contribution >= 4 is 11.9 Å². The number of esters is 1. The Morgan fingerprint density at radius 3 is 2.35 bits per heavy atom. The van der Waals surface area contributed by atoms with Gasteiger partial charge in [0.25, 0.3) is 10.8 Å². The predicted molar refractivity (Wildman–Crippen MR) is 64.8 cm³/mol. The van der Waals surface area contributed by atoms with Crippen molar-refractivity contribution in [3.8, 4) is 0 Å². The Morgan fingerprint density at radius 1 is 1.40 bits per heavy atom. The van der Waals surface area contributed by atoms with E-state index in [1.165, 1.54) is 0 Å². The van der Waals surface area contributed by atoms with E-state index in [1.54, 1.807) is 0 Å². The zero-order valence-corrected chi connectivity index (χ0v) is 11.2. The molecule has 9 heteroatoms. The van der Waals surface area contributed by atoms with Gasteiger partial charge in [-0.1, -0.05) is 19.3 Å². The third-order valence-electron chi connectivity index (χ3n) is 3.80. The maximum Gasteiger partial charge on any atom is 0.353 e. The summed E-state index contributed by atoms with van der Waals surface area (Å²) in [4.78, 5) is 38.0. The van der Waals surface area contributed by atoms with E-state index in [-0.39, 0.29) is 12.8 Å². The highest BCUT2D eigenvalue weighted by Crippen LogP contribution is 2.47. The topological polar surface area (TPSA) is 142 Å². The Labute approximate surface area is 115 Å². The molecule has 0 amide bonds. The number of hydrogen-bond donors (Lipinski definition) is 2. The van der Waals surface area contributed by atoms with Gasteiger partial charge in [-0.2, -0.15) is 0 Å². The highest BCUT2D eigenvalue weighted by Gasteiger charge is 2.59. The number of carboxylic acids is 1. The van der Waals surface area contributed by atoms with Crippen LogP contribution in [0.4, 0.5) is 0 Å². The van der Waals surface area contributed by atoms with Gasteiger partial charge >= 0.3 is 11.9 Å². The summed E-state index contributed by atoms with van der Waals surface area (Å²) in [5, 5.41) is 18.5. The highest BCUT2D eigenvalue weighted by atomic mass is 17.0. The molecular formula is C11H18N2O7. The largest absolute Gasteiger partial charge is 0.481 e. The van der Waals surface area contributed by atoms with Crippen molar-refractivity contribution in [3.63, 3.8) is 0 Å². The lowest BCUT2D eigenvalue weighted by Gasteiger charge is -2.45. The molecule has 114 valence electrons. The molecule has 1 rings (SSSR count). The number of aliphatic carboxylic acids is 1. The second-order valence-electron chi connectivity index (χ2n) is 4.95. The summed E-state index contributed by atoms with van der Waals surface area (Å²) >= 11 is 0. The molecule has 0 bridgehead atoms. The smallest absolute Gasteiger partial charge is 0.353 e. The van der Waals surface area contributed by atoms with Crippen LogP contribution >= 0.6 is 0 Å². The van der Waals surface area contributed by atoms with Crippen LogP contribution in [0, 0.1) is 15.5 Å². The van der Waals surface area contributed by atoms with Crippen LogP contribution in [0.5, 0.6) is 0 Å². The molecule has 1 fully saturated rings. The molecule has 0 saturated heterocycles. The minimum Gasteiger partial charge on any atom is -0.481 e. The number of carbonyl (C=O) groups excluding carboxylic acids is 1. The van der Waals surface area contributed by atoms with Crippen molar-refractivity contribution < 1.29 is 29.4 Å². The molecule has 0 aromatic rings. The van der Waals surface area contributed by atoms with E-state index in [0.717, 1.165) is 13.5 Å². The number of nitrogens with two attached hydrogens (primary N) is 1. The molecular weight excluding hydrogens is 272 g/mol. The van der Waals surface area contributed by atoms with Gasteiger partial charge in [-0.3, -0.25) is 15.4 Å². The molecule has 1 atom stereocenters. The number of methoxy groups -OCH3 is 1. The van der Waals surface area contributed by atoms with Gasteiger partial charge < -0.3 is 9.84 Å². The first kappa shape index (κ1) is 16.2. The first-order chi connectivity index (χ1) is 9.27. The molecule has 1 aliphatic carbocycles. The Bertz CT molecular complexity index is 406. The van der Waals surface area contributed by atoms with E-state index in [9.17, 15) is 19.7 Å². The lowest BCUT2D eigenvalue weighted by molar-refractivity contribution is -0.781. The van der Waals surface area contributed by atoms with Gasteiger partial charge in [0, 0.05) is 5.41 Å². The molecule has 1 saturated carbocycles. The predicted octanol–water partition coefficient (Wildman–Crippen LogP) is 0.448. The quantitative estimate of drug-likeness (QED) is 0.310. The van der Waals surface area contributed by atoms with Crippen molar-refractivity contribution in [1.82, 2.24) is 0 Å². The molecule has 0 radical (unpaired) electrons. The lowest BCUT2D eigenvalue weighted by atomic mass is 9.65. The standard InChI is InChI=1S/C11H18N2O7/c1-19-9(16)11(12,20-13(17)18)10(7-8(14)15)5-3-2-4-6-10/h2-7,12H2,1H3,(H,14,15). The van der Waals surface area contributed by atoms with E-state index in [4.69, 9.17) is 10.8 Å². The van der Waals surface area contributed by atoms with Crippen LogP contribution in [0.1, 0.15) is 38.5 Å². The summed E-state index contributed by atoms with van der Waals surface area (Å²) in [7, 11) is 1.02. The average molecular weight is 290 g/mol. The summed E-state index contributed by atoms with van der Waals surface area (Å²) in [6.07, 6.45) is 2.08. The van der Waals surface area contributed by atoms with Gasteiger partial charge in [-0.15, -0.1) is 10.1 Å². The number of rotatable bonds is 6. The molecule has 1 aliphatic rings. The van der Waals surface area contributed by atoms with Crippen molar-refractivity contribution in [1.29, 1.82) is 0 Å². The zero-order valence-electron chi connectivity index (χ0n) is 11.2. The van der Waals surface area contributed by atoms with Gasteiger partial charge in [0.1, 0.15) is 0 Å². The van der Waals surface area contributed by atoms with E-state index >= 15 is 0 Å². The first-order valence-electron chi connectivity index (χ1n) is 6.20. The van der Waals surface area contributed by atoms with Crippen molar-refractivity contribution in [2.75, 3.05) is 7.11 Å². The van der Waals surface area contributed by atoms with Crippen LogP contribution in [0.3, 0.4) is 0 Å². The molecule has 0 aromatic heterocycles. The van der Waals surface area contributed by atoms with Crippen LogP contribution in [0.15, 0.2) is 0 Å². The van der Waals surface area contributed by atoms with E-state index in [0.29, 0.717) is 12.8 Å². The van der Waals surface area contributed by atoms with Crippen LogP contribution < -0.4 is 5.73 Å². The van der Waals surface area contributed by atoms with E-state index < -0.39 is 34.6 Å². The minimum absolute atomic E-state index is 0.249. The highest BCUT2D eigenvalue weighted by molar-refractivity contribution is 5.81. The maximum absolute atomic E-state index is 11.9. The second kappa shape index (κ2) is 6.04. The summed E-state index contributed by atoms with van der Waals surface area (Å²) in [5.41, 5.74) is 2.05. The number of carbonyl (C=O) groups is 2. The molecule has 3 N–H and O–H groups in total. The van der Waals surface area contributed by atoms with Crippen molar-refractivity contribution in [2.24, 2.45) is 11.1 Å². The Hall–Kier alpha value is -1.90. The second-order valence-corrected chi connectivity index (χ2v) is 4.95. The van der Waals surface area contributed by atoms with Gasteiger partial charge in [-0.05, 0) is 12.8 Å². The lowest BCUT2D eigenvalue weighted by Crippen LogP contribution is -2.65. The van der Waals surface area contributed by atoms with Crippen LogP contribution in [-0.2, 0) is 19.2 Å². The third-order valence-corrected chi connectivity index (χ3v) is 3.80. The SMILES string of the molecule is COC(=O)C(N)(O[N+](=O)[O-])C1(CC(=O)O)CCCCC1. The summed E-state index contributed by atoms with van der Waals surface area (Å²) in [6.45, 7) is 0. The van der Waals surface area contributed by atoms with E-state index in [2.05, 4.69) is 9.57 Å². The van der Waals surface area contributed by atoms with Crippen molar-refractivity contribution in [3.05, 3.63) is 10.1 Å². The van der Waals surface area contributed by atoms with Crippen LogP contribution in [-0.4, -0.2) is 35.0 Å².